The lowest BCUT2D eigenvalue weighted by Gasteiger charge is -2.05. The number of halogens is 2. The van der Waals surface area contributed by atoms with Crippen molar-refractivity contribution >= 4 is 38.6 Å². The van der Waals surface area contributed by atoms with E-state index in [9.17, 15) is 4.39 Å². The van der Waals surface area contributed by atoms with Gasteiger partial charge in [-0.25, -0.2) is 4.39 Å². The number of thiophene rings is 1. The zero-order valence-corrected chi connectivity index (χ0v) is 10.7. The molecule has 0 unspecified atom stereocenters. The van der Waals surface area contributed by atoms with Gasteiger partial charge in [-0.3, -0.25) is 0 Å². The Bertz CT molecular complexity index is 498. The van der Waals surface area contributed by atoms with Crippen molar-refractivity contribution < 1.29 is 4.39 Å². The minimum atomic E-state index is -0.391. The van der Waals surface area contributed by atoms with Gasteiger partial charge in [-0.2, -0.15) is 0 Å². The van der Waals surface area contributed by atoms with Crippen molar-refractivity contribution in [2.75, 3.05) is 11.1 Å². The van der Waals surface area contributed by atoms with E-state index in [1.54, 1.807) is 23.5 Å². The first-order chi connectivity index (χ1) is 7.65. The van der Waals surface area contributed by atoms with Gasteiger partial charge < -0.3 is 11.1 Å². The van der Waals surface area contributed by atoms with Crippen LogP contribution in [0.15, 0.2) is 34.1 Å². The van der Waals surface area contributed by atoms with E-state index in [0.29, 0.717) is 6.54 Å². The second-order valence-electron chi connectivity index (χ2n) is 3.32. The Morgan fingerprint density at radius 1 is 1.38 bits per heavy atom. The molecule has 1 heterocycles. The standard InChI is InChI=1S/C11H10BrFN2S/c12-7-3-9(16-6-7)5-15-8-1-2-11(14)10(13)4-8/h1-4,6,15H,5,14H2. The molecule has 0 radical (unpaired) electrons. The first-order valence-corrected chi connectivity index (χ1v) is 6.34. The highest BCUT2D eigenvalue weighted by Crippen LogP contribution is 2.21. The number of rotatable bonds is 3. The lowest BCUT2D eigenvalue weighted by molar-refractivity contribution is 0.633. The van der Waals surface area contributed by atoms with Crippen molar-refractivity contribution in [1.29, 1.82) is 0 Å². The zero-order valence-electron chi connectivity index (χ0n) is 8.34. The molecule has 0 spiro atoms. The Morgan fingerprint density at radius 2 is 2.19 bits per heavy atom. The normalized spacial score (nSPS) is 10.4. The van der Waals surface area contributed by atoms with E-state index in [1.807, 2.05) is 11.4 Å². The monoisotopic (exact) mass is 300 g/mol. The van der Waals surface area contributed by atoms with Gasteiger partial charge in [0.05, 0.1) is 5.69 Å². The van der Waals surface area contributed by atoms with E-state index >= 15 is 0 Å². The number of nitrogens with two attached hydrogens (primary N) is 1. The van der Waals surface area contributed by atoms with Gasteiger partial charge in [-0.05, 0) is 40.2 Å². The summed E-state index contributed by atoms with van der Waals surface area (Å²) in [6, 6.07) is 6.76. The van der Waals surface area contributed by atoms with Gasteiger partial charge in [0.25, 0.3) is 0 Å². The molecule has 0 fully saturated rings. The van der Waals surface area contributed by atoms with Crippen LogP contribution in [0, 0.1) is 5.82 Å². The Morgan fingerprint density at radius 3 is 2.81 bits per heavy atom. The highest BCUT2D eigenvalue weighted by atomic mass is 79.9. The van der Waals surface area contributed by atoms with Crippen molar-refractivity contribution in [3.8, 4) is 0 Å². The van der Waals surface area contributed by atoms with E-state index in [0.717, 1.165) is 10.2 Å². The maximum atomic E-state index is 13.1. The molecule has 0 aliphatic carbocycles. The summed E-state index contributed by atoms with van der Waals surface area (Å²) in [4.78, 5) is 1.18. The van der Waals surface area contributed by atoms with Gasteiger partial charge in [0.15, 0.2) is 0 Å². The molecule has 0 atom stereocenters. The minimum Gasteiger partial charge on any atom is -0.396 e. The number of anilines is 2. The molecule has 16 heavy (non-hydrogen) atoms. The summed E-state index contributed by atoms with van der Waals surface area (Å²) in [6.45, 7) is 0.680. The Labute approximate surface area is 105 Å². The quantitative estimate of drug-likeness (QED) is 0.845. The summed E-state index contributed by atoms with van der Waals surface area (Å²) in [7, 11) is 0. The molecule has 1 aromatic heterocycles. The van der Waals surface area contributed by atoms with Crippen molar-refractivity contribution in [2.24, 2.45) is 0 Å². The molecule has 3 N–H and O–H groups in total. The molecule has 0 aliphatic heterocycles. The minimum absolute atomic E-state index is 0.171. The van der Waals surface area contributed by atoms with Crippen molar-refractivity contribution in [3.05, 3.63) is 44.8 Å². The van der Waals surface area contributed by atoms with Gasteiger partial charge in [-0.15, -0.1) is 11.3 Å². The summed E-state index contributed by atoms with van der Waals surface area (Å²) in [5, 5.41) is 5.15. The maximum Gasteiger partial charge on any atom is 0.148 e. The number of nitrogens with one attached hydrogen (secondary N) is 1. The fourth-order valence-corrected chi connectivity index (χ4v) is 2.66. The number of hydrogen-bond donors (Lipinski definition) is 2. The van der Waals surface area contributed by atoms with Crippen molar-refractivity contribution in [1.82, 2.24) is 0 Å². The highest BCUT2D eigenvalue weighted by Gasteiger charge is 2.01. The SMILES string of the molecule is Nc1ccc(NCc2cc(Br)cs2)cc1F. The summed E-state index contributed by atoms with van der Waals surface area (Å²) >= 11 is 5.03. The molecule has 0 bridgehead atoms. The van der Waals surface area contributed by atoms with E-state index < -0.39 is 5.82 Å². The smallest absolute Gasteiger partial charge is 0.148 e. The van der Waals surface area contributed by atoms with Gasteiger partial charge in [0.2, 0.25) is 0 Å². The molecule has 2 rings (SSSR count). The Hall–Kier alpha value is -1.07. The fourth-order valence-electron chi connectivity index (χ4n) is 1.27. The van der Waals surface area contributed by atoms with Gasteiger partial charge in [0, 0.05) is 27.0 Å². The molecule has 84 valence electrons. The first-order valence-electron chi connectivity index (χ1n) is 4.67. The van der Waals surface area contributed by atoms with Crippen molar-refractivity contribution in [3.63, 3.8) is 0 Å². The van der Waals surface area contributed by atoms with Crippen LogP contribution >= 0.6 is 27.3 Å². The summed E-state index contributed by atoms with van der Waals surface area (Å²) < 4.78 is 14.2. The molecular weight excluding hydrogens is 291 g/mol. The predicted molar refractivity (Wildman–Crippen MR) is 70.2 cm³/mol. The van der Waals surface area contributed by atoms with Crippen LogP contribution in [0.25, 0.3) is 0 Å². The van der Waals surface area contributed by atoms with Crippen LogP contribution in [0.4, 0.5) is 15.8 Å². The summed E-state index contributed by atoms with van der Waals surface area (Å²) in [5.41, 5.74) is 6.30. The van der Waals surface area contributed by atoms with E-state index in [4.69, 9.17) is 5.73 Å². The maximum absolute atomic E-state index is 13.1. The van der Waals surface area contributed by atoms with Crippen LogP contribution in [0.2, 0.25) is 0 Å². The molecule has 5 heteroatoms. The average Bonchev–Trinajstić information content (AvgIpc) is 2.66. The summed E-state index contributed by atoms with van der Waals surface area (Å²) in [6.07, 6.45) is 0. The van der Waals surface area contributed by atoms with Gasteiger partial charge in [-0.1, -0.05) is 0 Å². The first kappa shape index (κ1) is 11.4. The molecule has 0 saturated carbocycles. The van der Waals surface area contributed by atoms with Gasteiger partial charge in [0.1, 0.15) is 5.82 Å². The largest absolute Gasteiger partial charge is 0.396 e. The molecule has 2 aromatic rings. The highest BCUT2D eigenvalue weighted by molar-refractivity contribution is 9.10. The van der Waals surface area contributed by atoms with Gasteiger partial charge >= 0.3 is 0 Å². The average molecular weight is 301 g/mol. The zero-order chi connectivity index (χ0) is 11.5. The van der Waals surface area contributed by atoms with Crippen LogP contribution in [-0.2, 0) is 6.54 Å². The fraction of sp³-hybridized carbons (Fsp3) is 0.0909. The number of benzene rings is 1. The molecule has 0 amide bonds. The van der Waals surface area contributed by atoms with Crippen LogP contribution in [0.5, 0.6) is 0 Å². The number of hydrogen-bond acceptors (Lipinski definition) is 3. The van der Waals surface area contributed by atoms with Crippen LogP contribution in [-0.4, -0.2) is 0 Å². The number of nitrogen functional groups attached to an aromatic ring is 1. The van der Waals surface area contributed by atoms with E-state index in [1.165, 1.54) is 10.9 Å². The van der Waals surface area contributed by atoms with Crippen molar-refractivity contribution in [2.45, 2.75) is 6.54 Å². The van der Waals surface area contributed by atoms with Crippen LogP contribution in [0.1, 0.15) is 4.88 Å². The predicted octanol–water partition coefficient (Wildman–Crippen LogP) is 3.84. The third kappa shape index (κ3) is 2.74. The molecular formula is C11H10BrFN2S. The molecule has 0 saturated heterocycles. The Kier molecular flexibility index (Phi) is 3.46. The topological polar surface area (TPSA) is 38.0 Å². The second kappa shape index (κ2) is 4.84. The lowest BCUT2D eigenvalue weighted by atomic mass is 10.2. The van der Waals surface area contributed by atoms with E-state index in [-0.39, 0.29) is 5.69 Å². The molecule has 1 aromatic carbocycles. The van der Waals surface area contributed by atoms with Crippen LogP contribution < -0.4 is 11.1 Å². The van der Waals surface area contributed by atoms with Crippen LogP contribution in [0.3, 0.4) is 0 Å². The Balaban J connectivity index is 2.02. The summed E-state index contributed by atoms with van der Waals surface area (Å²) in [5.74, 6) is -0.391. The molecule has 2 nitrogen and oxygen atoms in total. The lowest BCUT2D eigenvalue weighted by Crippen LogP contribution is -1.99. The third-order valence-electron chi connectivity index (χ3n) is 2.09. The molecule has 0 aliphatic rings. The second-order valence-corrected chi connectivity index (χ2v) is 5.23. The van der Waals surface area contributed by atoms with E-state index in [2.05, 4.69) is 21.2 Å². The third-order valence-corrected chi connectivity index (χ3v) is 3.79.